The van der Waals surface area contributed by atoms with Crippen LogP contribution in [0, 0.1) is 0 Å². The summed E-state index contributed by atoms with van der Waals surface area (Å²) in [5, 5.41) is 3.20. The molecule has 0 saturated carbocycles. The van der Waals surface area contributed by atoms with Gasteiger partial charge in [0, 0.05) is 15.8 Å². The summed E-state index contributed by atoms with van der Waals surface area (Å²) in [6.07, 6.45) is 1.82. The number of hydrogen-bond donors (Lipinski definition) is 1. The summed E-state index contributed by atoms with van der Waals surface area (Å²) >= 11 is 5.22. The Bertz CT molecular complexity index is 764. The molecule has 0 spiro atoms. The second-order valence-corrected chi connectivity index (χ2v) is 6.67. The Balaban J connectivity index is 2.09. The number of rotatable bonds is 3. The highest BCUT2D eigenvalue weighted by Gasteiger charge is 2.11. The van der Waals surface area contributed by atoms with Gasteiger partial charge in [0.1, 0.15) is 0 Å². The van der Waals surface area contributed by atoms with Gasteiger partial charge in [-0.1, -0.05) is 53.2 Å². The van der Waals surface area contributed by atoms with Gasteiger partial charge in [-0.2, -0.15) is 0 Å². The molecule has 0 bridgehead atoms. The molecule has 102 valence electrons. The maximum absolute atomic E-state index is 5.85. The summed E-state index contributed by atoms with van der Waals surface area (Å²) in [4.78, 5) is 5.69. The van der Waals surface area contributed by atoms with Crippen LogP contribution in [-0.4, -0.2) is 4.98 Å². The molecule has 1 aromatic heterocycles. The van der Waals surface area contributed by atoms with Crippen LogP contribution in [0.5, 0.6) is 0 Å². The van der Waals surface area contributed by atoms with E-state index in [0.29, 0.717) is 5.13 Å². The molecule has 3 aromatic rings. The van der Waals surface area contributed by atoms with Crippen molar-refractivity contribution in [1.82, 2.24) is 4.98 Å². The third-order valence-electron chi connectivity index (χ3n) is 3.44. The Kier molecular flexibility index (Phi) is 3.76. The van der Waals surface area contributed by atoms with Crippen LogP contribution >= 0.6 is 27.3 Å². The fourth-order valence-corrected chi connectivity index (χ4v) is 3.89. The molecule has 0 aliphatic heterocycles. The number of nitrogens with zero attached hydrogens (tertiary/aromatic N) is 1. The van der Waals surface area contributed by atoms with Gasteiger partial charge >= 0.3 is 0 Å². The molecule has 1 heterocycles. The number of benzene rings is 2. The van der Waals surface area contributed by atoms with E-state index in [2.05, 4.69) is 64.2 Å². The average molecular weight is 347 g/mol. The Hall–Kier alpha value is -1.39. The van der Waals surface area contributed by atoms with Crippen molar-refractivity contribution in [2.45, 2.75) is 19.8 Å². The number of hydrogen-bond acceptors (Lipinski definition) is 3. The number of anilines is 1. The van der Waals surface area contributed by atoms with Gasteiger partial charge in [-0.05, 0) is 28.8 Å². The van der Waals surface area contributed by atoms with Crippen LogP contribution < -0.4 is 5.73 Å². The number of fused-ring (bicyclic) bond motifs is 1. The molecular weight excluding hydrogens is 332 g/mol. The molecular formula is C16H15BrN2S. The SMILES string of the molecule is CCc1nc(N)sc1Cc1ccc(Br)c2ccccc12. The van der Waals surface area contributed by atoms with Crippen molar-refractivity contribution in [3.05, 3.63) is 57.0 Å². The van der Waals surface area contributed by atoms with Gasteiger partial charge in [-0.15, -0.1) is 11.3 Å². The Morgan fingerprint density at radius 3 is 2.65 bits per heavy atom. The quantitative estimate of drug-likeness (QED) is 0.740. The zero-order valence-electron chi connectivity index (χ0n) is 11.2. The summed E-state index contributed by atoms with van der Waals surface area (Å²) in [7, 11) is 0. The summed E-state index contributed by atoms with van der Waals surface area (Å²) < 4.78 is 1.14. The molecule has 0 saturated heterocycles. The van der Waals surface area contributed by atoms with Crippen molar-refractivity contribution in [2.24, 2.45) is 0 Å². The molecule has 0 radical (unpaired) electrons. The second kappa shape index (κ2) is 5.54. The number of aryl methyl sites for hydroxylation is 1. The van der Waals surface area contributed by atoms with Crippen LogP contribution in [0.25, 0.3) is 10.8 Å². The maximum atomic E-state index is 5.85. The van der Waals surface area contributed by atoms with Gasteiger partial charge in [0.15, 0.2) is 5.13 Å². The van der Waals surface area contributed by atoms with Crippen molar-refractivity contribution in [1.29, 1.82) is 0 Å². The summed E-state index contributed by atoms with van der Waals surface area (Å²) in [6.45, 7) is 2.12. The number of nitrogens with two attached hydrogens (primary N) is 1. The summed E-state index contributed by atoms with van der Waals surface area (Å²) in [6, 6.07) is 12.8. The second-order valence-electron chi connectivity index (χ2n) is 4.70. The molecule has 2 nitrogen and oxygen atoms in total. The minimum atomic E-state index is 0.665. The molecule has 0 unspecified atom stereocenters. The van der Waals surface area contributed by atoms with E-state index in [1.807, 2.05) is 0 Å². The van der Waals surface area contributed by atoms with E-state index < -0.39 is 0 Å². The normalized spacial score (nSPS) is 11.1. The first-order chi connectivity index (χ1) is 9.69. The highest BCUT2D eigenvalue weighted by molar-refractivity contribution is 9.10. The van der Waals surface area contributed by atoms with Gasteiger partial charge in [0.05, 0.1) is 5.69 Å². The van der Waals surface area contributed by atoms with E-state index in [1.165, 1.54) is 21.2 Å². The van der Waals surface area contributed by atoms with Crippen LogP contribution in [-0.2, 0) is 12.8 Å². The van der Waals surface area contributed by atoms with Crippen LogP contribution in [0.4, 0.5) is 5.13 Å². The largest absolute Gasteiger partial charge is 0.375 e. The number of halogens is 1. The molecule has 2 aromatic carbocycles. The Morgan fingerprint density at radius 1 is 1.15 bits per heavy atom. The van der Waals surface area contributed by atoms with Gasteiger partial charge in [0.25, 0.3) is 0 Å². The number of aromatic nitrogens is 1. The first-order valence-electron chi connectivity index (χ1n) is 6.59. The third kappa shape index (κ3) is 2.45. The maximum Gasteiger partial charge on any atom is 0.180 e. The smallest absolute Gasteiger partial charge is 0.180 e. The lowest BCUT2D eigenvalue weighted by molar-refractivity contribution is 1.03. The molecule has 3 rings (SSSR count). The molecule has 0 atom stereocenters. The van der Waals surface area contributed by atoms with E-state index in [-0.39, 0.29) is 0 Å². The van der Waals surface area contributed by atoms with Crippen molar-refractivity contribution < 1.29 is 0 Å². The summed E-state index contributed by atoms with van der Waals surface area (Å²) in [5.74, 6) is 0. The molecule has 0 aliphatic carbocycles. The van der Waals surface area contributed by atoms with Crippen LogP contribution in [0.2, 0.25) is 0 Å². The zero-order chi connectivity index (χ0) is 14.1. The highest BCUT2D eigenvalue weighted by Crippen LogP contribution is 2.31. The van der Waals surface area contributed by atoms with Crippen molar-refractivity contribution in [3.63, 3.8) is 0 Å². The zero-order valence-corrected chi connectivity index (χ0v) is 13.6. The fourth-order valence-electron chi connectivity index (χ4n) is 2.47. The van der Waals surface area contributed by atoms with Gasteiger partial charge in [0.2, 0.25) is 0 Å². The number of thiazole rings is 1. The highest BCUT2D eigenvalue weighted by atomic mass is 79.9. The summed E-state index contributed by atoms with van der Waals surface area (Å²) in [5.41, 5.74) is 8.29. The van der Waals surface area contributed by atoms with Crippen LogP contribution in [0.15, 0.2) is 40.9 Å². The lowest BCUT2D eigenvalue weighted by Gasteiger charge is -2.08. The molecule has 2 N–H and O–H groups in total. The fraction of sp³-hybridized carbons (Fsp3) is 0.188. The topological polar surface area (TPSA) is 38.9 Å². The van der Waals surface area contributed by atoms with E-state index in [4.69, 9.17) is 5.73 Å². The van der Waals surface area contributed by atoms with Crippen molar-refractivity contribution in [2.75, 3.05) is 5.73 Å². The van der Waals surface area contributed by atoms with Gasteiger partial charge in [-0.25, -0.2) is 4.98 Å². The van der Waals surface area contributed by atoms with Crippen LogP contribution in [0.1, 0.15) is 23.1 Å². The Labute approximate surface area is 130 Å². The van der Waals surface area contributed by atoms with Crippen LogP contribution in [0.3, 0.4) is 0 Å². The minimum absolute atomic E-state index is 0.665. The number of nitrogen functional groups attached to an aromatic ring is 1. The van der Waals surface area contributed by atoms with E-state index >= 15 is 0 Å². The van der Waals surface area contributed by atoms with Crippen molar-refractivity contribution in [3.8, 4) is 0 Å². The van der Waals surface area contributed by atoms with Gasteiger partial charge in [-0.3, -0.25) is 0 Å². The lowest BCUT2D eigenvalue weighted by Crippen LogP contribution is -1.93. The first kappa shape index (κ1) is 13.6. The molecule has 0 amide bonds. The van der Waals surface area contributed by atoms with E-state index in [0.717, 1.165) is 23.0 Å². The minimum Gasteiger partial charge on any atom is -0.375 e. The lowest BCUT2D eigenvalue weighted by atomic mass is 10.0. The molecule has 0 fully saturated rings. The van der Waals surface area contributed by atoms with E-state index in [1.54, 1.807) is 11.3 Å². The first-order valence-corrected chi connectivity index (χ1v) is 8.20. The predicted octanol–water partition coefficient (Wildman–Crippen LogP) is 4.79. The molecule has 0 aliphatic rings. The monoisotopic (exact) mass is 346 g/mol. The Morgan fingerprint density at radius 2 is 1.90 bits per heavy atom. The molecule has 20 heavy (non-hydrogen) atoms. The third-order valence-corrected chi connectivity index (χ3v) is 5.06. The standard InChI is InChI=1S/C16H15BrN2S/c1-2-14-15(20-16(18)19-14)9-10-7-8-13(17)12-6-4-3-5-11(10)12/h3-8H,2,9H2,1H3,(H2,18,19). The van der Waals surface area contributed by atoms with Gasteiger partial charge < -0.3 is 5.73 Å². The average Bonchev–Trinajstić information content (AvgIpc) is 2.82. The predicted molar refractivity (Wildman–Crippen MR) is 90.4 cm³/mol. The van der Waals surface area contributed by atoms with E-state index in [9.17, 15) is 0 Å². The van der Waals surface area contributed by atoms with Crippen molar-refractivity contribution >= 4 is 43.2 Å². The molecule has 4 heteroatoms.